The molecule has 0 aromatic heterocycles. The average Bonchev–Trinajstić information content (AvgIpc) is 2.65. The molecule has 2 aliphatic carbocycles. The van der Waals surface area contributed by atoms with Crippen molar-refractivity contribution in [3.05, 3.63) is 84.0 Å². The van der Waals surface area contributed by atoms with Gasteiger partial charge in [0.1, 0.15) is 0 Å². The van der Waals surface area contributed by atoms with E-state index in [-0.39, 0.29) is 26.2 Å². The zero-order chi connectivity index (χ0) is 18.6. The summed E-state index contributed by atoms with van der Waals surface area (Å²) in [7, 11) is -0.162. The summed E-state index contributed by atoms with van der Waals surface area (Å²) in [5.41, 5.74) is 3.06. The SMILES string of the molecule is CP(C)C1(Cc2ccccc2CC2(P(C)C)C=CCC=C2)C=CCC=C1. The maximum absolute atomic E-state index is 2.48. The predicted molar refractivity (Wildman–Crippen MR) is 123 cm³/mol. The minimum Gasteiger partial charge on any atom is -0.0984 e. The Labute approximate surface area is 162 Å². The van der Waals surface area contributed by atoms with Crippen molar-refractivity contribution in [3.8, 4) is 0 Å². The predicted octanol–water partition coefficient (Wildman–Crippen LogP) is 6.76. The van der Waals surface area contributed by atoms with E-state index in [0.29, 0.717) is 0 Å². The topological polar surface area (TPSA) is 0 Å². The first-order chi connectivity index (χ1) is 12.5. The first kappa shape index (κ1) is 19.8. The highest BCUT2D eigenvalue weighted by molar-refractivity contribution is 7.58. The molecule has 3 rings (SSSR count). The molecule has 0 radical (unpaired) electrons. The van der Waals surface area contributed by atoms with Gasteiger partial charge >= 0.3 is 0 Å². The summed E-state index contributed by atoms with van der Waals surface area (Å²) in [5.74, 6) is 0. The fourth-order valence-corrected chi connectivity index (χ4v) is 6.60. The van der Waals surface area contributed by atoms with Crippen molar-refractivity contribution in [2.45, 2.75) is 36.0 Å². The Balaban J connectivity index is 1.94. The van der Waals surface area contributed by atoms with E-state index < -0.39 is 0 Å². The third-order valence-electron chi connectivity index (χ3n) is 5.90. The van der Waals surface area contributed by atoms with Crippen LogP contribution < -0.4 is 0 Å². The Morgan fingerprint density at radius 2 is 1.00 bits per heavy atom. The molecule has 0 aliphatic heterocycles. The third kappa shape index (κ3) is 4.13. The van der Waals surface area contributed by atoms with E-state index in [0.717, 1.165) is 25.7 Å². The summed E-state index contributed by atoms with van der Waals surface area (Å²) in [6.45, 7) is 9.68. The van der Waals surface area contributed by atoms with E-state index in [4.69, 9.17) is 0 Å². The molecule has 26 heavy (non-hydrogen) atoms. The van der Waals surface area contributed by atoms with Gasteiger partial charge in [-0.05, 0) is 63.5 Å². The first-order valence-corrected chi connectivity index (χ1v) is 14.1. The summed E-state index contributed by atoms with van der Waals surface area (Å²) in [4.78, 5) is 0. The molecule has 0 saturated carbocycles. The minimum absolute atomic E-state index is 0.0812. The molecule has 0 heterocycles. The van der Waals surface area contributed by atoms with Crippen LogP contribution in [-0.4, -0.2) is 37.0 Å². The van der Waals surface area contributed by atoms with Gasteiger partial charge in [0, 0.05) is 10.3 Å². The lowest BCUT2D eigenvalue weighted by molar-refractivity contribution is 0.784. The van der Waals surface area contributed by atoms with Gasteiger partial charge in [0.2, 0.25) is 0 Å². The summed E-state index contributed by atoms with van der Waals surface area (Å²) in [6.07, 6.45) is 23.8. The van der Waals surface area contributed by atoms with Crippen LogP contribution >= 0.6 is 15.8 Å². The molecular weight excluding hydrogens is 350 g/mol. The van der Waals surface area contributed by atoms with Crippen LogP contribution in [0.5, 0.6) is 0 Å². The van der Waals surface area contributed by atoms with Crippen molar-refractivity contribution < 1.29 is 0 Å². The van der Waals surface area contributed by atoms with Gasteiger partial charge in [-0.25, -0.2) is 0 Å². The number of benzene rings is 1. The highest BCUT2D eigenvalue weighted by atomic mass is 31.1. The minimum atomic E-state index is -0.0812. The van der Waals surface area contributed by atoms with Crippen LogP contribution in [0.2, 0.25) is 0 Å². The highest BCUT2D eigenvalue weighted by Gasteiger charge is 2.33. The van der Waals surface area contributed by atoms with Gasteiger partial charge in [0.15, 0.2) is 0 Å². The maximum Gasteiger partial charge on any atom is 0.0297 e. The lowest BCUT2D eigenvalue weighted by Gasteiger charge is -2.37. The van der Waals surface area contributed by atoms with Gasteiger partial charge in [-0.1, -0.05) is 88.7 Å². The molecular formula is C24H32P2. The van der Waals surface area contributed by atoms with Crippen LogP contribution in [0, 0.1) is 0 Å². The molecule has 0 amide bonds. The van der Waals surface area contributed by atoms with Crippen LogP contribution in [0.1, 0.15) is 24.0 Å². The molecule has 0 spiro atoms. The van der Waals surface area contributed by atoms with Gasteiger partial charge in [-0.2, -0.15) is 0 Å². The molecule has 0 atom stereocenters. The van der Waals surface area contributed by atoms with Crippen molar-refractivity contribution >= 4 is 15.8 Å². The zero-order valence-corrected chi connectivity index (χ0v) is 18.4. The molecule has 0 fully saturated rings. The van der Waals surface area contributed by atoms with E-state index in [2.05, 4.69) is 99.5 Å². The summed E-state index contributed by atoms with van der Waals surface area (Å²) < 4.78 is 0. The quantitative estimate of drug-likeness (QED) is 0.376. The number of rotatable bonds is 6. The molecule has 1 aromatic carbocycles. The molecule has 0 N–H and O–H groups in total. The number of allylic oxidation sites excluding steroid dienone is 8. The van der Waals surface area contributed by atoms with Crippen molar-refractivity contribution in [1.82, 2.24) is 0 Å². The Hall–Kier alpha value is -0.960. The molecule has 0 nitrogen and oxygen atoms in total. The standard InChI is InChI=1S/C24H32P2/c1-25(2)23(15-9-5-10-16-23)19-21-13-7-8-14-22(21)20-24(26(3)4)17-11-6-12-18-24/h7-18H,5-6,19-20H2,1-4H3. The van der Waals surface area contributed by atoms with Crippen molar-refractivity contribution in [2.24, 2.45) is 0 Å². The number of hydrogen-bond donors (Lipinski definition) is 0. The summed E-state index contributed by atoms with van der Waals surface area (Å²) in [6, 6.07) is 9.17. The fourth-order valence-electron chi connectivity index (χ4n) is 4.02. The zero-order valence-electron chi connectivity index (χ0n) is 16.7. The van der Waals surface area contributed by atoms with Crippen LogP contribution in [0.3, 0.4) is 0 Å². The van der Waals surface area contributed by atoms with Crippen LogP contribution in [0.25, 0.3) is 0 Å². The molecule has 0 saturated heterocycles. The number of hydrogen-bond acceptors (Lipinski definition) is 0. The molecule has 138 valence electrons. The van der Waals surface area contributed by atoms with Crippen molar-refractivity contribution in [3.63, 3.8) is 0 Å². The second-order valence-corrected chi connectivity index (χ2v) is 13.2. The smallest absolute Gasteiger partial charge is 0.0297 e. The molecule has 0 unspecified atom stereocenters. The Morgan fingerprint density at radius 1 is 0.654 bits per heavy atom. The van der Waals surface area contributed by atoms with E-state index >= 15 is 0 Å². The van der Waals surface area contributed by atoms with Crippen LogP contribution in [0.15, 0.2) is 72.9 Å². The third-order valence-corrected chi connectivity index (χ3v) is 10.1. The van der Waals surface area contributed by atoms with Crippen molar-refractivity contribution in [2.75, 3.05) is 26.7 Å². The normalized spacial score (nSPS) is 20.2. The Bertz CT molecular complexity index is 647. The molecule has 2 aliphatic rings. The van der Waals surface area contributed by atoms with Gasteiger partial charge in [0.05, 0.1) is 0 Å². The van der Waals surface area contributed by atoms with Gasteiger partial charge in [0.25, 0.3) is 0 Å². The Kier molecular flexibility index (Phi) is 6.37. The van der Waals surface area contributed by atoms with E-state index in [9.17, 15) is 0 Å². The Morgan fingerprint density at radius 3 is 1.31 bits per heavy atom. The second kappa shape index (κ2) is 8.37. The first-order valence-electron chi connectivity index (χ1n) is 9.60. The average molecular weight is 382 g/mol. The fraction of sp³-hybridized carbons (Fsp3) is 0.417. The largest absolute Gasteiger partial charge is 0.0984 e. The second-order valence-electron chi connectivity index (χ2n) is 7.97. The maximum atomic E-state index is 2.48. The van der Waals surface area contributed by atoms with Gasteiger partial charge in [-0.3, -0.25) is 0 Å². The van der Waals surface area contributed by atoms with Crippen LogP contribution in [0.4, 0.5) is 0 Å². The van der Waals surface area contributed by atoms with Gasteiger partial charge in [-0.15, -0.1) is 0 Å². The van der Waals surface area contributed by atoms with E-state index in [1.807, 2.05) is 0 Å². The van der Waals surface area contributed by atoms with Crippen LogP contribution in [-0.2, 0) is 12.8 Å². The molecule has 2 heteroatoms. The van der Waals surface area contributed by atoms with E-state index in [1.165, 1.54) is 11.1 Å². The molecule has 0 bridgehead atoms. The summed E-state index contributed by atoms with van der Waals surface area (Å²) >= 11 is 0. The summed E-state index contributed by atoms with van der Waals surface area (Å²) in [5, 5.41) is 0.441. The molecule has 1 aromatic rings. The lowest BCUT2D eigenvalue weighted by Crippen LogP contribution is -2.29. The van der Waals surface area contributed by atoms with Crippen molar-refractivity contribution in [1.29, 1.82) is 0 Å². The lowest BCUT2D eigenvalue weighted by atomic mass is 9.87. The van der Waals surface area contributed by atoms with Gasteiger partial charge < -0.3 is 0 Å². The monoisotopic (exact) mass is 382 g/mol. The highest BCUT2D eigenvalue weighted by Crippen LogP contribution is 2.51. The van der Waals surface area contributed by atoms with E-state index in [1.54, 1.807) is 0 Å².